The number of hydrogen-bond acceptors (Lipinski definition) is 6. The first-order valence-corrected chi connectivity index (χ1v) is 8.55. The Morgan fingerprint density at radius 1 is 1.27 bits per heavy atom. The Kier molecular flexibility index (Phi) is 4.68. The minimum absolute atomic E-state index is 0.0357. The molecule has 0 saturated carbocycles. The summed E-state index contributed by atoms with van der Waals surface area (Å²) in [5.74, 6) is 1.02. The third-order valence-electron chi connectivity index (χ3n) is 4.36. The summed E-state index contributed by atoms with van der Waals surface area (Å²) >= 11 is 0. The van der Waals surface area contributed by atoms with E-state index in [0.29, 0.717) is 49.9 Å². The molecule has 2 aromatic heterocycles. The van der Waals surface area contributed by atoms with Crippen molar-refractivity contribution in [3.05, 3.63) is 53.6 Å². The summed E-state index contributed by atoms with van der Waals surface area (Å²) in [6.45, 7) is 2.46. The first-order valence-electron chi connectivity index (χ1n) is 8.55. The fraction of sp³-hybridized carbons (Fsp3) is 0.333. The molecular formula is C18H20FN5O2. The Bertz CT molecular complexity index is 914. The van der Waals surface area contributed by atoms with Crippen molar-refractivity contribution in [1.82, 2.24) is 19.9 Å². The quantitative estimate of drug-likeness (QED) is 0.721. The van der Waals surface area contributed by atoms with Crippen molar-refractivity contribution in [3.8, 4) is 5.75 Å². The Hall–Kier alpha value is -2.71. The molecule has 0 spiro atoms. The summed E-state index contributed by atoms with van der Waals surface area (Å²) in [6.07, 6.45) is 3.63. The smallest absolute Gasteiger partial charge is 0.161 e. The molecule has 0 radical (unpaired) electrons. The van der Waals surface area contributed by atoms with Crippen LogP contribution in [0.2, 0.25) is 0 Å². The van der Waals surface area contributed by atoms with Gasteiger partial charge in [-0.3, -0.25) is 0 Å². The van der Waals surface area contributed by atoms with E-state index in [1.807, 2.05) is 17.2 Å². The SMILES string of the molecule is OCCN1Cc2cc(F)ccc2OCCNCc2cnn3ccc1nc23. The summed E-state index contributed by atoms with van der Waals surface area (Å²) in [6, 6.07) is 6.34. The van der Waals surface area contributed by atoms with Gasteiger partial charge in [0.2, 0.25) is 0 Å². The maximum atomic E-state index is 13.8. The van der Waals surface area contributed by atoms with Gasteiger partial charge in [-0.2, -0.15) is 5.10 Å². The molecule has 0 saturated heterocycles. The average Bonchev–Trinajstić information content (AvgIpc) is 3.04. The van der Waals surface area contributed by atoms with Gasteiger partial charge in [-0.25, -0.2) is 13.9 Å². The molecule has 7 nitrogen and oxygen atoms in total. The molecule has 4 rings (SSSR count). The van der Waals surface area contributed by atoms with Gasteiger partial charge in [0.05, 0.1) is 12.8 Å². The monoisotopic (exact) mass is 357 g/mol. The molecule has 1 aliphatic rings. The zero-order chi connectivity index (χ0) is 17.9. The van der Waals surface area contributed by atoms with E-state index in [2.05, 4.69) is 10.4 Å². The Morgan fingerprint density at radius 3 is 3.08 bits per heavy atom. The van der Waals surface area contributed by atoms with Crippen molar-refractivity contribution in [2.45, 2.75) is 13.1 Å². The van der Waals surface area contributed by atoms with Crippen LogP contribution in [0.25, 0.3) is 5.65 Å². The van der Waals surface area contributed by atoms with Gasteiger partial charge in [0.1, 0.15) is 24.0 Å². The van der Waals surface area contributed by atoms with E-state index in [-0.39, 0.29) is 12.4 Å². The van der Waals surface area contributed by atoms with Crippen molar-refractivity contribution in [3.63, 3.8) is 0 Å². The fourth-order valence-electron chi connectivity index (χ4n) is 3.08. The standard InChI is InChI=1S/C18H20FN5O2/c19-15-1-2-16-13(9-15)12-23(6-7-25)17-3-5-24-18(22-17)14(11-21-24)10-20-4-8-26-16/h1-3,5,9,11,20,25H,4,6-8,10,12H2. The molecule has 1 aromatic carbocycles. The second-order valence-electron chi connectivity index (χ2n) is 6.15. The number of fused-ring (bicyclic) bond motifs is 2. The van der Waals surface area contributed by atoms with Gasteiger partial charge in [0.15, 0.2) is 5.65 Å². The molecule has 0 unspecified atom stereocenters. The largest absolute Gasteiger partial charge is 0.492 e. The number of benzene rings is 1. The molecule has 136 valence electrons. The molecule has 2 bridgehead atoms. The minimum Gasteiger partial charge on any atom is -0.492 e. The van der Waals surface area contributed by atoms with Crippen LogP contribution < -0.4 is 15.0 Å². The van der Waals surface area contributed by atoms with Gasteiger partial charge in [-0.05, 0) is 24.3 Å². The Labute approximate surface area is 150 Å². The van der Waals surface area contributed by atoms with Gasteiger partial charge in [0, 0.05) is 43.5 Å². The molecular weight excluding hydrogens is 337 g/mol. The lowest BCUT2D eigenvalue weighted by Crippen LogP contribution is -2.27. The number of ether oxygens (including phenoxy) is 1. The highest BCUT2D eigenvalue weighted by molar-refractivity contribution is 5.53. The maximum absolute atomic E-state index is 13.8. The highest BCUT2D eigenvalue weighted by Crippen LogP contribution is 2.24. The minimum atomic E-state index is -0.319. The number of aromatic nitrogens is 3. The number of rotatable bonds is 2. The van der Waals surface area contributed by atoms with Gasteiger partial charge in [-0.15, -0.1) is 0 Å². The van der Waals surface area contributed by atoms with E-state index in [4.69, 9.17) is 9.72 Å². The fourth-order valence-corrected chi connectivity index (χ4v) is 3.08. The van der Waals surface area contributed by atoms with Crippen LogP contribution in [0.1, 0.15) is 11.1 Å². The van der Waals surface area contributed by atoms with E-state index < -0.39 is 0 Å². The molecule has 0 atom stereocenters. The van der Waals surface area contributed by atoms with E-state index in [9.17, 15) is 9.50 Å². The Morgan fingerprint density at radius 2 is 2.19 bits per heavy atom. The molecule has 3 heterocycles. The molecule has 3 aromatic rings. The topological polar surface area (TPSA) is 74.9 Å². The number of halogens is 1. The first-order chi connectivity index (χ1) is 12.7. The molecule has 0 amide bonds. The van der Waals surface area contributed by atoms with Gasteiger partial charge in [-0.1, -0.05) is 0 Å². The lowest BCUT2D eigenvalue weighted by atomic mass is 10.1. The van der Waals surface area contributed by atoms with Crippen LogP contribution >= 0.6 is 0 Å². The highest BCUT2D eigenvalue weighted by atomic mass is 19.1. The summed E-state index contributed by atoms with van der Waals surface area (Å²) < 4.78 is 21.3. The third kappa shape index (κ3) is 3.33. The molecule has 2 N–H and O–H groups in total. The van der Waals surface area contributed by atoms with E-state index in [1.54, 1.807) is 16.8 Å². The number of β-amino-alcohol motifs (C(OH)–C–C–N with tert-alkyl or cyclic N) is 1. The predicted molar refractivity (Wildman–Crippen MR) is 94.7 cm³/mol. The van der Waals surface area contributed by atoms with Crippen molar-refractivity contribution in [2.75, 3.05) is 31.2 Å². The summed E-state index contributed by atoms with van der Waals surface area (Å²) in [5, 5.41) is 17.1. The van der Waals surface area contributed by atoms with Crippen molar-refractivity contribution in [2.24, 2.45) is 0 Å². The summed E-state index contributed by atoms with van der Waals surface area (Å²) in [4.78, 5) is 6.62. The second kappa shape index (κ2) is 7.27. The predicted octanol–water partition coefficient (Wildman–Crippen LogP) is 1.35. The average molecular weight is 357 g/mol. The molecule has 1 aliphatic heterocycles. The van der Waals surface area contributed by atoms with Crippen molar-refractivity contribution in [1.29, 1.82) is 0 Å². The molecule has 26 heavy (non-hydrogen) atoms. The van der Waals surface area contributed by atoms with E-state index in [1.165, 1.54) is 12.1 Å². The zero-order valence-corrected chi connectivity index (χ0v) is 14.2. The lowest BCUT2D eigenvalue weighted by Gasteiger charge is -2.24. The third-order valence-corrected chi connectivity index (χ3v) is 4.36. The van der Waals surface area contributed by atoms with Crippen LogP contribution in [0.3, 0.4) is 0 Å². The number of aliphatic hydroxyl groups excluding tert-OH is 1. The van der Waals surface area contributed by atoms with E-state index >= 15 is 0 Å². The number of hydrogen-bond donors (Lipinski definition) is 2. The normalized spacial score (nSPS) is 15.1. The van der Waals surface area contributed by atoms with Crippen LogP contribution in [0.4, 0.5) is 10.2 Å². The summed E-state index contributed by atoms with van der Waals surface area (Å²) in [7, 11) is 0. The van der Waals surface area contributed by atoms with Crippen LogP contribution in [-0.4, -0.2) is 46.0 Å². The lowest BCUT2D eigenvalue weighted by molar-refractivity contribution is 0.298. The first kappa shape index (κ1) is 16.7. The van der Waals surface area contributed by atoms with Crippen molar-refractivity contribution >= 4 is 11.5 Å². The highest BCUT2D eigenvalue weighted by Gasteiger charge is 2.16. The molecule has 0 fully saturated rings. The van der Waals surface area contributed by atoms with Crippen LogP contribution in [0.15, 0.2) is 36.7 Å². The van der Waals surface area contributed by atoms with Crippen LogP contribution in [-0.2, 0) is 13.1 Å². The number of nitrogens with one attached hydrogen (secondary N) is 1. The second-order valence-corrected chi connectivity index (χ2v) is 6.15. The van der Waals surface area contributed by atoms with Crippen molar-refractivity contribution < 1.29 is 14.2 Å². The zero-order valence-electron chi connectivity index (χ0n) is 14.2. The van der Waals surface area contributed by atoms with Gasteiger partial charge in [0.25, 0.3) is 0 Å². The summed E-state index contributed by atoms with van der Waals surface area (Å²) in [5.41, 5.74) is 2.46. The van der Waals surface area contributed by atoms with Gasteiger partial charge < -0.3 is 20.1 Å². The number of nitrogens with zero attached hydrogens (tertiary/aromatic N) is 4. The Balaban J connectivity index is 1.79. The molecule has 0 aliphatic carbocycles. The number of aliphatic hydroxyl groups is 1. The van der Waals surface area contributed by atoms with Gasteiger partial charge >= 0.3 is 0 Å². The number of anilines is 1. The van der Waals surface area contributed by atoms with Crippen LogP contribution in [0.5, 0.6) is 5.75 Å². The molecule has 8 heteroatoms. The maximum Gasteiger partial charge on any atom is 0.161 e. The van der Waals surface area contributed by atoms with Crippen LogP contribution in [0, 0.1) is 5.82 Å². The van der Waals surface area contributed by atoms with E-state index in [0.717, 1.165) is 11.2 Å².